The van der Waals surface area contributed by atoms with Crippen molar-refractivity contribution in [3.05, 3.63) is 111 Å². The first-order chi connectivity index (χ1) is 16.9. The number of nitrogens with one attached hydrogen (secondary N) is 1. The van der Waals surface area contributed by atoms with Crippen LogP contribution in [0.25, 0.3) is 0 Å². The van der Waals surface area contributed by atoms with Crippen LogP contribution in [0, 0.1) is 0 Å². The van der Waals surface area contributed by atoms with E-state index in [1.807, 2.05) is 30.3 Å². The molecule has 0 aliphatic heterocycles. The number of methoxy groups -OCH3 is 1. The number of hydrogen-bond donors (Lipinski definition) is 2. The maximum atomic E-state index is 13.1. The fourth-order valence-electron chi connectivity index (χ4n) is 3.53. The van der Waals surface area contributed by atoms with Crippen LogP contribution in [-0.4, -0.2) is 18.9 Å². The first-order valence-electron chi connectivity index (χ1n) is 10.8. The summed E-state index contributed by atoms with van der Waals surface area (Å²) in [4.78, 5) is 26.0. The van der Waals surface area contributed by atoms with E-state index < -0.39 is 5.91 Å². The molecule has 35 heavy (non-hydrogen) atoms. The minimum atomic E-state index is -0.596. The van der Waals surface area contributed by atoms with Crippen molar-refractivity contribution in [1.29, 1.82) is 0 Å². The van der Waals surface area contributed by atoms with Crippen LogP contribution >= 0.6 is 22.9 Å². The molecule has 0 saturated heterocycles. The van der Waals surface area contributed by atoms with Gasteiger partial charge in [0.1, 0.15) is 23.1 Å². The molecule has 3 aromatic carbocycles. The van der Waals surface area contributed by atoms with Crippen molar-refractivity contribution in [3.63, 3.8) is 0 Å². The molecular weight excluding hydrogens is 484 g/mol. The summed E-state index contributed by atoms with van der Waals surface area (Å²) in [6, 6.07) is 23.7. The number of carbonyl (C=O) groups is 2. The van der Waals surface area contributed by atoms with Gasteiger partial charge < -0.3 is 20.5 Å². The van der Waals surface area contributed by atoms with Crippen molar-refractivity contribution in [2.45, 2.75) is 13.0 Å². The van der Waals surface area contributed by atoms with Gasteiger partial charge in [0.25, 0.3) is 11.8 Å². The van der Waals surface area contributed by atoms with Gasteiger partial charge in [-0.25, -0.2) is 0 Å². The quantitative estimate of drug-likeness (QED) is 0.294. The molecule has 8 heteroatoms. The van der Waals surface area contributed by atoms with Crippen LogP contribution in [0.5, 0.6) is 11.5 Å². The van der Waals surface area contributed by atoms with Crippen LogP contribution < -0.4 is 20.5 Å². The molecule has 4 rings (SSSR count). The van der Waals surface area contributed by atoms with Crippen LogP contribution in [0.4, 0.5) is 5.00 Å². The number of amides is 2. The molecule has 0 radical (unpaired) electrons. The number of primary amides is 1. The van der Waals surface area contributed by atoms with E-state index in [4.69, 9.17) is 26.8 Å². The van der Waals surface area contributed by atoms with Crippen LogP contribution in [-0.2, 0) is 13.0 Å². The van der Waals surface area contributed by atoms with Crippen LogP contribution in [0.1, 0.15) is 36.7 Å². The summed E-state index contributed by atoms with van der Waals surface area (Å²) in [6.45, 7) is 0.178. The molecule has 0 fully saturated rings. The molecule has 0 unspecified atom stereocenters. The van der Waals surface area contributed by atoms with Gasteiger partial charge in [0, 0.05) is 27.4 Å². The Morgan fingerprint density at radius 2 is 1.80 bits per heavy atom. The highest BCUT2D eigenvalue weighted by atomic mass is 35.5. The normalized spacial score (nSPS) is 10.6. The topological polar surface area (TPSA) is 90.6 Å². The number of halogens is 1. The molecule has 0 aliphatic carbocycles. The number of thiophene rings is 1. The van der Waals surface area contributed by atoms with Gasteiger partial charge in [-0.1, -0.05) is 48.0 Å². The van der Waals surface area contributed by atoms with E-state index in [0.29, 0.717) is 39.1 Å². The molecule has 3 N–H and O–H groups in total. The molecule has 0 spiro atoms. The fourth-order valence-corrected chi connectivity index (χ4v) is 4.80. The van der Waals surface area contributed by atoms with Crippen LogP contribution in [0.2, 0.25) is 5.02 Å². The van der Waals surface area contributed by atoms with Gasteiger partial charge in [-0.05, 0) is 48.0 Å². The van der Waals surface area contributed by atoms with Crippen molar-refractivity contribution in [1.82, 2.24) is 0 Å². The lowest BCUT2D eigenvalue weighted by molar-refractivity contribution is 0.100. The highest BCUT2D eigenvalue weighted by Gasteiger charge is 2.18. The molecule has 0 atom stereocenters. The minimum absolute atomic E-state index is 0.178. The molecule has 2 amide bonds. The number of anilines is 1. The molecule has 4 aromatic rings. The monoisotopic (exact) mass is 506 g/mol. The van der Waals surface area contributed by atoms with Crippen molar-refractivity contribution >= 4 is 39.8 Å². The predicted octanol–water partition coefficient (Wildman–Crippen LogP) is 5.93. The first kappa shape index (κ1) is 24.3. The Morgan fingerprint density at radius 1 is 1.00 bits per heavy atom. The van der Waals surface area contributed by atoms with Gasteiger partial charge in [0.05, 0.1) is 12.7 Å². The first-order valence-corrected chi connectivity index (χ1v) is 12.0. The van der Waals surface area contributed by atoms with E-state index in [2.05, 4.69) is 5.32 Å². The second-order valence-corrected chi connectivity index (χ2v) is 9.28. The third-order valence-electron chi connectivity index (χ3n) is 5.23. The van der Waals surface area contributed by atoms with Crippen molar-refractivity contribution < 1.29 is 19.1 Å². The average molecular weight is 507 g/mol. The minimum Gasteiger partial charge on any atom is -0.496 e. The molecule has 1 aromatic heterocycles. The summed E-state index contributed by atoms with van der Waals surface area (Å²) in [5, 5.41) is 3.82. The Bertz CT molecular complexity index is 1350. The lowest BCUT2D eigenvalue weighted by atomic mass is 10.1. The van der Waals surface area contributed by atoms with E-state index in [1.54, 1.807) is 55.6 Å². The fraction of sp³-hybridized carbons (Fsp3) is 0.111. The number of carbonyl (C=O) groups excluding carboxylic acids is 2. The molecule has 0 saturated carbocycles. The lowest BCUT2D eigenvalue weighted by Gasteiger charge is -2.12. The molecule has 0 bridgehead atoms. The molecule has 6 nitrogen and oxygen atoms in total. The zero-order chi connectivity index (χ0) is 24.8. The van der Waals surface area contributed by atoms with Gasteiger partial charge in [-0.15, -0.1) is 11.3 Å². The lowest BCUT2D eigenvalue weighted by Crippen LogP contribution is -2.16. The van der Waals surface area contributed by atoms with Gasteiger partial charge in [-0.3, -0.25) is 9.59 Å². The third kappa shape index (κ3) is 6.20. The highest BCUT2D eigenvalue weighted by molar-refractivity contribution is 7.16. The standard InChI is InChI=1S/C27H23ClN2O4S/c1-33-24-11-10-18(13-19(24)16-34-21-9-5-8-20(28)14-21)26(32)30-27-23(25(29)31)15-22(35-27)12-17-6-3-2-4-7-17/h2-11,13-15H,12,16H2,1H3,(H2,29,31)(H,30,32). The van der Waals surface area contributed by atoms with Gasteiger partial charge in [0.15, 0.2) is 0 Å². The largest absolute Gasteiger partial charge is 0.496 e. The van der Waals surface area contributed by atoms with Crippen molar-refractivity contribution in [2.75, 3.05) is 12.4 Å². The summed E-state index contributed by atoms with van der Waals surface area (Å²) < 4.78 is 11.2. The number of ether oxygens (including phenoxy) is 2. The van der Waals surface area contributed by atoms with Crippen LogP contribution in [0.3, 0.4) is 0 Å². The highest BCUT2D eigenvalue weighted by Crippen LogP contribution is 2.31. The second-order valence-electron chi connectivity index (χ2n) is 7.71. The van der Waals surface area contributed by atoms with E-state index >= 15 is 0 Å². The Labute approximate surface area is 212 Å². The van der Waals surface area contributed by atoms with Gasteiger partial charge >= 0.3 is 0 Å². The summed E-state index contributed by atoms with van der Waals surface area (Å²) in [5.41, 5.74) is 8.04. The van der Waals surface area contributed by atoms with E-state index in [9.17, 15) is 9.59 Å². The zero-order valence-electron chi connectivity index (χ0n) is 18.9. The maximum Gasteiger partial charge on any atom is 0.256 e. The predicted molar refractivity (Wildman–Crippen MR) is 139 cm³/mol. The number of benzene rings is 3. The van der Waals surface area contributed by atoms with E-state index in [1.165, 1.54) is 11.3 Å². The Hall–Kier alpha value is -3.81. The third-order valence-corrected chi connectivity index (χ3v) is 6.52. The SMILES string of the molecule is COc1ccc(C(=O)Nc2sc(Cc3ccccc3)cc2C(N)=O)cc1COc1cccc(Cl)c1. The summed E-state index contributed by atoms with van der Waals surface area (Å²) in [7, 11) is 1.55. The summed E-state index contributed by atoms with van der Waals surface area (Å²) in [5.74, 6) is 0.223. The Morgan fingerprint density at radius 3 is 2.51 bits per heavy atom. The number of rotatable bonds is 9. The maximum absolute atomic E-state index is 13.1. The van der Waals surface area contributed by atoms with Crippen molar-refractivity contribution in [2.24, 2.45) is 5.73 Å². The smallest absolute Gasteiger partial charge is 0.256 e. The average Bonchev–Trinajstić information content (AvgIpc) is 3.25. The molecule has 1 heterocycles. The Balaban J connectivity index is 1.53. The van der Waals surface area contributed by atoms with Gasteiger partial charge in [0.2, 0.25) is 0 Å². The van der Waals surface area contributed by atoms with Crippen molar-refractivity contribution in [3.8, 4) is 11.5 Å². The summed E-state index contributed by atoms with van der Waals surface area (Å²) in [6.07, 6.45) is 0.634. The van der Waals surface area contributed by atoms with Crippen LogP contribution in [0.15, 0.2) is 78.9 Å². The zero-order valence-corrected chi connectivity index (χ0v) is 20.5. The van der Waals surface area contributed by atoms with E-state index in [-0.39, 0.29) is 18.1 Å². The van der Waals surface area contributed by atoms with Gasteiger partial charge in [-0.2, -0.15) is 0 Å². The second kappa shape index (κ2) is 11.1. The molecule has 178 valence electrons. The Kier molecular flexibility index (Phi) is 7.70. The number of hydrogen-bond acceptors (Lipinski definition) is 5. The van der Waals surface area contributed by atoms with E-state index in [0.717, 1.165) is 10.4 Å². The molecule has 0 aliphatic rings. The summed E-state index contributed by atoms with van der Waals surface area (Å²) >= 11 is 7.35. The number of nitrogens with two attached hydrogens (primary N) is 1. The molecular formula is C27H23ClN2O4S.